The Balaban J connectivity index is 4.20. The van der Waals surface area contributed by atoms with Gasteiger partial charge in [-0.2, -0.15) is 11.8 Å². The van der Waals surface area contributed by atoms with Crippen LogP contribution in [-0.4, -0.2) is 36.0 Å². The van der Waals surface area contributed by atoms with Crippen LogP contribution in [0.4, 0.5) is 0 Å². The Morgan fingerprint density at radius 2 is 2.00 bits per heavy atom. The number of hydrogen-bond donors (Lipinski definition) is 2. The van der Waals surface area contributed by atoms with E-state index in [0.29, 0.717) is 0 Å². The number of carbonyl (C=O) groups is 1. The predicted octanol–water partition coefficient (Wildman–Crippen LogP) is 1.63. The number of rotatable bonds is 7. The van der Waals surface area contributed by atoms with Crippen molar-refractivity contribution in [2.24, 2.45) is 0 Å². The van der Waals surface area contributed by atoms with Crippen LogP contribution in [0.5, 0.6) is 0 Å². The molecule has 0 saturated heterocycles. The monoisotopic (exact) mass is 232 g/mol. The zero-order chi connectivity index (χ0) is 11.9. The molecule has 90 valence electrons. The fraction of sp³-hybridized carbons (Fsp3) is 0.909. The van der Waals surface area contributed by atoms with Crippen molar-refractivity contribution < 1.29 is 4.79 Å². The van der Waals surface area contributed by atoms with E-state index in [1.54, 1.807) is 11.8 Å². The second-order valence-corrected chi connectivity index (χ2v) is 5.10. The summed E-state index contributed by atoms with van der Waals surface area (Å²) < 4.78 is 0. The third-order valence-electron chi connectivity index (χ3n) is 2.38. The second-order valence-electron chi connectivity index (χ2n) is 4.19. The van der Waals surface area contributed by atoms with E-state index in [1.807, 2.05) is 20.8 Å². The first-order valence-electron chi connectivity index (χ1n) is 5.52. The van der Waals surface area contributed by atoms with Crippen LogP contribution in [0.1, 0.15) is 34.1 Å². The lowest BCUT2D eigenvalue weighted by atomic mass is 10.0. The van der Waals surface area contributed by atoms with Crippen molar-refractivity contribution in [3.8, 4) is 0 Å². The van der Waals surface area contributed by atoms with Crippen LogP contribution in [0.25, 0.3) is 0 Å². The van der Waals surface area contributed by atoms with Gasteiger partial charge in [-0.1, -0.05) is 13.8 Å². The molecule has 0 saturated carbocycles. The molecule has 15 heavy (non-hydrogen) atoms. The highest BCUT2D eigenvalue weighted by Gasteiger charge is 2.27. The standard InChI is InChI=1S/C11H24N2OS/c1-6-9(8-15-5)13-10(14)11(3,4)12-7-2/h9,12H,6-8H2,1-5H3,(H,13,14). The molecule has 0 aliphatic carbocycles. The van der Waals surface area contributed by atoms with Crippen molar-refractivity contribution in [3.05, 3.63) is 0 Å². The molecule has 0 radical (unpaired) electrons. The lowest BCUT2D eigenvalue weighted by Gasteiger charge is -2.27. The Bertz CT molecular complexity index is 195. The average molecular weight is 232 g/mol. The molecule has 0 aromatic carbocycles. The molecule has 1 amide bonds. The quantitative estimate of drug-likeness (QED) is 0.701. The molecule has 2 N–H and O–H groups in total. The lowest BCUT2D eigenvalue weighted by Crippen LogP contribution is -2.55. The summed E-state index contributed by atoms with van der Waals surface area (Å²) in [5, 5.41) is 6.24. The minimum absolute atomic E-state index is 0.0882. The highest BCUT2D eigenvalue weighted by molar-refractivity contribution is 7.98. The van der Waals surface area contributed by atoms with Gasteiger partial charge in [-0.25, -0.2) is 0 Å². The zero-order valence-corrected chi connectivity index (χ0v) is 11.3. The summed E-state index contributed by atoms with van der Waals surface area (Å²) in [4.78, 5) is 11.9. The van der Waals surface area contributed by atoms with Gasteiger partial charge in [0.25, 0.3) is 0 Å². The van der Waals surface area contributed by atoms with Gasteiger partial charge in [0.05, 0.1) is 5.54 Å². The Labute approximate surface area is 97.8 Å². The van der Waals surface area contributed by atoms with Crippen LogP contribution >= 0.6 is 11.8 Å². The van der Waals surface area contributed by atoms with Gasteiger partial charge >= 0.3 is 0 Å². The molecule has 0 spiro atoms. The molecule has 3 nitrogen and oxygen atoms in total. The molecule has 1 atom stereocenters. The first-order chi connectivity index (χ1) is 6.97. The van der Waals surface area contributed by atoms with Crippen molar-refractivity contribution in [1.29, 1.82) is 0 Å². The van der Waals surface area contributed by atoms with Crippen molar-refractivity contribution >= 4 is 17.7 Å². The smallest absolute Gasteiger partial charge is 0.239 e. The van der Waals surface area contributed by atoms with E-state index >= 15 is 0 Å². The molecule has 0 bridgehead atoms. The summed E-state index contributed by atoms with van der Waals surface area (Å²) in [6.07, 6.45) is 3.04. The molecule has 0 heterocycles. The number of carbonyl (C=O) groups excluding carboxylic acids is 1. The fourth-order valence-electron chi connectivity index (χ4n) is 1.35. The van der Waals surface area contributed by atoms with Gasteiger partial charge in [-0.15, -0.1) is 0 Å². The van der Waals surface area contributed by atoms with Crippen molar-refractivity contribution in [1.82, 2.24) is 10.6 Å². The minimum atomic E-state index is -0.472. The van der Waals surface area contributed by atoms with Gasteiger partial charge in [0.1, 0.15) is 0 Å². The van der Waals surface area contributed by atoms with Crippen molar-refractivity contribution in [3.63, 3.8) is 0 Å². The van der Waals surface area contributed by atoms with Crippen molar-refractivity contribution in [2.75, 3.05) is 18.6 Å². The number of nitrogens with one attached hydrogen (secondary N) is 2. The molecule has 0 aromatic rings. The zero-order valence-electron chi connectivity index (χ0n) is 10.5. The number of amides is 1. The predicted molar refractivity (Wildman–Crippen MR) is 68.4 cm³/mol. The Morgan fingerprint density at radius 1 is 1.40 bits per heavy atom. The number of thioether (sulfide) groups is 1. The molecular formula is C11H24N2OS. The number of hydrogen-bond acceptors (Lipinski definition) is 3. The van der Waals surface area contributed by atoms with E-state index in [2.05, 4.69) is 23.8 Å². The molecule has 0 aliphatic heterocycles. The van der Waals surface area contributed by atoms with E-state index in [4.69, 9.17) is 0 Å². The SMILES string of the molecule is CCNC(C)(C)C(=O)NC(CC)CSC. The highest BCUT2D eigenvalue weighted by atomic mass is 32.2. The van der Waals surface area contributed by atoms with Crippen molar-refractivity contribution in [2.45, 2.75) is 45.7 Å². The maximum Gasteiger partial charge on any atom is 0.239 e. The Kier molecular flexibility index (Phi) is 7.02. The maximum atomic E-state index is 11.9. The largest absolute Gasteiger partial charge is 0.351 e. The Hall–Kier alpha value is -0.220. The second kappa shape index (κ2) is 7.12. The minimum Gasteiger partial charge on any atom is -0.351 e. The summed E-state index contributed by atoms with van der Waals surface area (Å²) in [5.74, 6) is 1.06. The van der Waals surface area contributed by atoms with Crippen LogP contribution in [-0.2, 0) is 4.79 Å². The normalized spacial score (nSPS) is 13.7. The van der Waals surface area contributed by atoms with E-state index in [0.717, 1.165) is 18.7 Å². The van der Waals surface area contributed by atoms with Gasteiger partial charge in [0.15, 0.2) is 0 Å². The fourth-order valence-corrected chi connectivity index (χ4v) is 2.07. The molecule has 1 unspecified atom stereocenters. The third kappa shape index (κ3) is 5.42. The first kappa shape index (κ1) is 14.8. The topological polar surface area (TPSA) is 41.1 Å². The maximum absolute atomic E-state index is 11.9. The summed E-state index contributed by atoms with van der Waals surface area (Å²) in [5.41, 5.74) is -0.472. The van der Waals surface area contributed by atoms with Gasteiger partial charge in [0.2, 0.25) is 5.91 Å². The third-order valence-corrected chi connectivity index (χ3v) is 3.12. The molecule has 0 rings (SSSR count). The summed E-state index contributed by atoms with van der Waals surface area (Å²) in [6, 6.07) is 0.283. The summed E-state index contributed by atoms with van der Waals surface area (Å²) in [6.45, 7) is 8.74. The van der Waals surface area contributed by atoms with E-state index in [-0.39, 0.29) is 11.9 Å². The Morgan fingerprint density at radius 3 is 2.40 bits per heavy atom. The van der Waals surface area contributed by atoms with Crippen LogP contribution in [0.3, 0.4) is 0 Å². The summed E-state index contributed by atoms with van der Waals surface area (Å²) >= 11 is 1.77. The molecule has 0 aromatic heterocycles. The van der Waals surface area contributed by atoms with Gasteiger partial charge in [-0.05, 0) is 33.1 Å². The molecule has 0 aliphatic rings. The molecule has 0 fully saturated rings. The van der Waals surface area contributed by atoms with Gasteiger partial charge in [-0.3, -0.25) is 4.79 Å². The van der Waals surface area contributed by atoms with E-state index < -0.39 is 5.54 Å². The van der Waals surface area contributed by atoms with Crippen LogP contribution < -0.4 is 10.6 Å². The highest BCUT2D eigenvalue weighted by Crippen LogP contribution is 2.06. The molecule has 4 heteroatoms. The first-order valence-corrected chi connectivity index (χ1v) is 6.92. The van der Waals surface area contributed by atoms with E-state index in [9.17, 15) is 4.79 Å². The number of likely N-dealkylation sites (N-methyl/N-ethyl adjacent to an activating group) is 1. The van der Waals surface area contributed by atoms with Gasteiger partial charge < -0.3 is 10.6 Å². The summed E-state index contributed by atoms with van der Waals surface area (Å²) in [7, 11) is 0. The lowest BCUT2D eigenvalue weighted by molar-refractivity contribution is -0.127. The van der Waals surface area contributed by atoms with Crippen LogP contribution in [0, 0.1) is 0 Å². The average Bonchev–Trinajstić information content (AvgIpc) is 2.16. The molecular weight excluding hydrogens is 208 g/mol. The van der Waals surface area contributed by atoms with Gasteiger partial charge in [0, 0.05) is 11.8 Å². The van der Waals surface area contributed by atoms with E-state index in [1.165, 1.54) is 0 Å². The van der Waals surface area contributed by atoms with Crippen LogP contribution in [0.2, 0.25) is 0 Å². The van der Waals surface area contributed by atoms with Crippen LogP contribution in [0.15, 0.2) is 0 Å².